The van der Waals surface area contributed by atoms with Crippen molar-refractivity contribution in [3.63, 3.8) is 0 Å². The van der Waals surface area contributed by atoms with E-state index in [4.69, 9.17) is 16.3 Å². The largest absolute Gasteiger partial charge is 0.462 e. The van der Waals surface area contributed by atoms with Crippen molar-refractivity contribution in [3.8, 4) is 0 Å². The Morgan fingerprint density at radius 2 is 1.96 bits per heavy atom. The zero-order valence-corrected chi connectivity index (χ0v) is 18.4. The molecule has 28 heavy (non-hydrogen) atoms. The van der Waals surface area contributed by atoms with Crippen LogP contribution >= 0.6 is 23.4 Å². The molecule has 1 unspecified atom stereocenters. The van der Waals surface area contributed by atoms with E-state index in [0.717, 1.165) is 11.8 Å². The van der Waals surface area contributed by atoms with Crippen molar-refractivity contribution >= 4 is 46.5 Å². The van der Waals surface area contributed by atoms with Crippen molar-refractivity contribution in [2.45, 2.75) is 42.2 Å². The van der Waals surface area contributed by atoms with Crippen LogP contribution in [-0.4, -0.2) is 27.7 Å². The Bertz CT molecular complexity index is 926. The van der Waals surface area contributed by atoms with Crippen LogP contribution < -0.4 is 0 Å². The van der Waals surface area contributed by atoms with Crippen LogP contribution in [0, 0.1) is 5.82 Å². The molecule has 0 aromatic heterocycles. The number of nitrogens with zero attached hydrogens (tertiary/aromatic N) is 1. The number of hydrogen-bond donors (Lipinski definition) is 0. The number of esters is 1. The van der Waals surface area contributed by atoms with Crippen molar-refractivity contribution < 1.29 is 18.1 Å². The molecule has 0 aliphatic heterocycles. The van der Waals surface area contributed by atoms with Crippen molar-refractivity contribution in [1.29, 1.82) is 0 Å². The molecule has 0 bridgehead atoms. The summed E-state index contributed by atoms with van der Waals surface area (Å²) >= 11 is 7.44. The minimum atomic E-state index is -1.55. The normalized spacial score (nSPS) is 12.9. The van der Waals surface area contributed by atoms with Crippen LogP contribution in [0.5, 0.6) is 0 Å². The van der Waals surface area contributed by atoms with Crippen molar-refractivity contribution in [2.75, 3.05) is 6.61 Å². The van der Waals surface area contributed by atoms with Gasteiger partial charge in [0.2, 0.25) is 0 Å². The van der Waals surface area contributed by atoms with Crippen molar-refractivity contribution in [3.05, 3.63) is 58.4 Å². The Hall–Kier alpha value is -1.70. The number of benzene rings is 2. The first-order chi connectivity index (χ1) is 13.1. The molecule has 0 aliphatic rings. The Balaban J connectivity index is 2.48. The minimum Gasteiger partial charge on any atom is -0.462 e. The highest BCUT2D eigenvalue weighted by Gasteiger charge is 2.20. The summed E-state index contributed by atoms with van der Waals surface area (Å²) in [5, 5.41) is 0.299. The molecule has 0 amide bonds. The lowest BCUT2D eigenvalue weighted by molar-refractivity contribution is 0.0522. The lowest BCUT2D eigenvalue weighted by Crippen LogP contribution is -2.19. The molecule has 8 heteroatoms. The molecule has 150 valence electrons. The topological polar surface area (TPSA) is 55.7 Å². The second-order valence-corrected chi connectivity index (χ2v) is 10.1. The predicted molar refractivity (Wildman–Crippen MR) is 113 cm³/mol. The zero-order chi connectivity index (χ0) is 20.9. The number of rotatable bonds is 6. The van der Waals surface area contributed by atoms with E-state index in [1.54, 1.807) is 52.0 Å². The SMILES string of the molecule is CCOC(=O)c1ccccc1Sc1c(Cl)ccc(F)c1C=NS(=O)C(C)(C)C. The van der Waals surface area contributed by atoms with Gasteiger partial charge >= 0.3 is 5.97 Å². The minimum absolute atomic E-state index is 0.119. The van der Waals surface area contributed by atoms with E-state index in [1.165, 1.54) is 18.3 Å². The molecule has 0 spiro atoms. The van der Waals surface area contributed by atoms with E-state index in [9.17, 15) is 13.4 Å². The van der Waals surface area contributed by atoms with Gasteiger partial charge in [0.1, 0.15) is 16.8 Å². The zero-order valence-electron chi connectivity index (χ0n) is 16.0. The highest BCUT2D eigenvalue weighted by molar-refractivity contribution is 7.99. The third-order valence-corrected chi connectivity index (χ3v) is 6.48. The molecule has 1 atom stereocenters. The van der Waals surface area contributed by atoms with Crippen molar-refractivity contribution in [2.24, 2.45) is 4.40 Å². The molecule has 0 heterocycles. The summed E-state index contributed by atoms with van der Waals surface area (Å²) in [6.45, 7) is 7.30. The van der Waals surface area contributed by atoms with Gasteiger partial charge in [-0.3, -0.25) is 0 Å². The fraction of sp³-hybridized carbons (Fsp3) is 0.300. The third-order valence-electron chi connectivity index (χ3n) is 3.49. The monoisotopic (exact) mass is 441 g/mol. The standard InChI is InChI=1S/C20H21ClFNO3S2/c1-5-26-19(24)13-8-6-7-9-17(13)27-18-14(16(22)11-10-15(18)21)12-23-28(25)20(2,3)4/h6-12H,5H2,1-4H3. The summed E-state index contributed by atoms with van der Waals surface area (Å²) < 4.78 is 35.2. The van der Waals surface area contributed by atoms with Gasteiger partial charge in [-0.25, -0.2) is 13.4 Å². The quantitative estimate of drug-likeness (QED) is 0.427. The summed E-state index contributed by atoms with van der Waals surface area (Å²) in [5.41, 5.74) is 0.476. The van der Waals surface area contributed by atoms with Gasteiger partial charge in [-0.1, -0.05) is 35.5 Å². The van der Waals surface area contributed by atoms with Gasteiger partial charge in [-0.05, 0) is 52.0 Å². The maximum absolute atomic E-state index is 14.5. The Kier molecular flexibility index (Phi) is 7.80. The van der Waals surface area contributed by atoms with Gasteiger partial charge in [-0.2, -0.15) is 4.40 Å². The fourth-order valence-corrected chi connectivity index (χ4v) is 3.93. The summed E-state index contributed by atoms with van der Waals surface area (Å²) in [4.78, 5) is 13.2. The first-order valence-corrected chi connectivity index (χ1v) is 10.8. The smallest absolute Gasteiger partial charge is 0.339 e. The Morgan fingerprint density at radius 3 is 2.61 bits per heavy atom. The molecule has 0 aliphatic carbocycles. The van der Waals surface area contributed by atoms with E-state index in [1.807, 2.05) is 0 Å². The van der Waals surface area contributed by atoms with E-state index in [0.29, 0.717) is 20.4 Å². The number of ether oxygens (including phenoxy) is 1. The molecule has 2 aromatic carbocycles. The molecule has 2 rings (SSSR count). The molecule has 0 saturated heterocycles. The Morgan fingerprint density at radius 1 is 1.29 bits per heavy atom. The van der Waals surface area contributed by atoms with Gasteiger partial charge in [0.15, 0.2) is 0 Å². The summed E-state index contributed by atoms with van der Waals surface area (Å²) in [6, 6.07) is 9.51. The molecule has 0 radical (unpaired) electrons. The highest BCUT2D eigenvalue weighted by Crippen LogP contribution is 2.38. The lowest BCUT2D eigenvalue weighted by atomic mass is 10.2. The molecule has 0 fully saturated rings. The molecule has 2 aromatic rings. The molecule has 0 N–H and O–H groups in total. The molecular formula is C20H21ClFNO3S2. The highest BCUT2D eigenvalue weighted by atomic mass is 35.5. The molecule has 0 saturated carbocycles. The number of halogens is 2. The van der Waals surface area contributed by atoms with Gasteiger partial charge in [0.05, 0.1) is 21.9 Å². The van der Waals surface area contributed by atoms with Crippen LogP contribution in [0.25, 0.3) is 0 Å². The van der Waals surface area contributed by atoms with Crippen LogP contribution in [0.1, 0.15) is 43.6 Å². The second-order valence-electron chi connectivity index (χ2n) is 6.69. The van der Waals surface area contributed by atoms with E-state index < -0.39 is 27.5 Å². The summed E-state index contributed by atoms with van der Waals surface area (Å²) in [5.74, 6) is -1.02. The average Bonchev–Trinajstić information content (AvgIpc) is 2.63. The number of hydrogen-bond acceptors (Lipinski definition) is 4. The lowest BCUT2D eigenvalue weighted by Gasteiger charge is -2.14. The van der Waals surface area contributed by atoms with Crippen molar-refractivity contribution in [1.82, 2.24) is 0 Å². The number of carbonyl (C=O) groups excluding carboxylic acids is 1. The van der Waals surface area contributed by atoms with Gasteiger partial charge in [0, 0.05) is 21.6 Å². The second kappa shape index (κ2) is 9.67. The predicted octanol–water partition coefficient (Wildman–Crippen LogP) is 5.69. The number of carbonyl (C=O) groups is 1. The van der Waals surface area contributed by atoms with Crippen LogP contribution in [0.15, 0.2) is 50.6 Å². The van der Waals surface area contributed by atoms with Crippen LogP contribution in [0.4, 0.5) is 4.39 Å². The average molecular weight is 442 g/mol. The summed E-state index contributed by atoms with van der Waals surface area (Å²) in [6.07, 6.45) is 1.23. The van der Waals surface area contributed by atoms with Crippen LogP contribution in [0.2, 0.25) is 5.02 Å². The van der Waals surface area contributed by atoms with E-state index >= 15 is 0 Å². The van der Waals surface area contributed by atoms with Crippen LogP contribution in [-0.2, 0) is 15.7 Å². The van der Waals surface area contributed by atoms with Gasteiger partial charge in [0.25, 0.3) is 0 Å². The fourth-order valence-electron chi connectivity index (χ4n) is 2.07. The third kappa shape index (κ3) is 5.65. The maximum Gasteiger partial charge on any atom is 0.339 e. The summed E-state index contributed by atoms with van der Waals surface area (Å²) in [7, 11) is -1.55. The molecular weight excluding hydrogens is 421 g/mol. The van der Waals surface area contributed by atoms with E-state index in [-0.39, 0.29) is 12.2 Å². The van der Waals surface area contributed by atoms with E-state index in [2.05, 4.69) is 4.40 Å². The van der Waals surface area contributed by atoms with Crippen LogP contribution in [0.3, 0.4) is 0 Å². The van der Waals surface area contributed by atoms with Gasteiger partial charge in [-0.15, -0.1) is 0 Å². The first-order valence-electron chi connectivity index (χ1n) is 8.53. The first kappa shape index (κ1) is 22.6. The van der Waals surface area contributed by atoms with Gasteiger partial charge < -0.3 is 4.74 Å². The maximum atomic E-state index is 14.5. The Labute approximate surface area is 176 Å². The molecule has 4 nitrogen and oxygen atoms in total.